The lowest BCUT2D eigenvalue weighted by Crippen LogP contribution is -2.12. The zero-order valence-electron chi connectivity index (χ0n) is 15.0. The van der Waals surface area contributed by atoms with E-state index in [9.17, 15) is 9.32 Å². The van der Waals surface area contributed by atoms with Crippen molar-refractivity contribution in [3.8, 4) is 0 Å². The number of aliphatic hydroxyl groups excluding tert-OH is 1. The maximum absolute atomic E-state index is 13.0. The topological polar surface area (TPSA) is 37.3 Å². The molecular weight excluding hydrogens is 304 g/mol. The van der Waals surface area contributed by atoms with Crippen LogP contribution in [0.15, 0.2) is 40.1 Å². The third-order valence-electron chi connectivity index (χ3n) is 4.14. The molecule has 0 saturated heterocycles. The lowest BCUT2D eigenvalue weighted by atomic mass is 10.0. The van der Waals surface area contributed by atoms with Crippen molar-refractivity contribution in [3.63, 3.8) is 0 Å². The number of aryl methyl sites for hydroxylation is 1. The van der Waals surface area contributed by atoms with Gasteiger partial charge in [-0.3, -0.25) is 0 Å². The van der Waals surface area contributed by atoms with Crippen molar-refractivity contribution in [2.75, 3.05) is 0 Å². The van der Waals surface area contributed by atoms with Gasteiger partial charge in [0.1, 0.15) is 0 Å². The summed E-state index contributed by atoms with van der Waals surface area (Å²) >= 11 is 0. The molecule has 23 heavy (non-hydrogen) atoms. The van der Waals surface area contributed by atoms with Gasteiger partial charge in [0.15, 0.2) is 0 Å². The molecule has 0 spiro atoms. The fourth-order valence-electron chi connectivity index (χ4n) is 2.55. The van der Waals surface area contributed by atoms with Crippen LogP contribution in [0.3, 0.4) is 0 Å². The summed E-state index contributed by atoms with van der Waals surface area (Å²) in [5, 5.41) is 10.3. The Morgan fingerprint density at radius 2 is 1.70 bits per heavy atom. The van der Waals surface area contributed by atoms with Gasteiger partial charge in [0.25, 0.3) is 0 Å². The first-order valence-corrected chi connectivity index (χ1v) is 10.0. The molecule has 1 aromatic rings. The van der Waals surface area contributed by atoms with Gasteiger partial charge in [-0.25, -0.2) is 4.21 Å². The Kier molecular flexibility index (Phi) is 9.42. The van der Waals surface area contributed by atoms with E-state index in [0.29, 0.717) is 0 Å². The normalized spacial score (nSPS) is 16.1. The molecule has 3 atom stereocenters. The van der Waals surface area contributed by atoms with Gasteiger partial charge in [-0.2, -0.15) is 0 Å². The summed E-state index contributed by atoms with van der Waals surface area (Å²) in [6.07, 6.45) is 7.42. The quantitative estimate of drug-likeness (QED) is 0.624. The molecule has 0 unspecified atom stereocenters. The average molecular weight is 337 g/mol. The smallest absolute Gasteiger partial charge is 0.0808 e. The van der Waals surface area contributed by atoms with Crippen molar-refractivity contribution in [2.45, 2.75) is 77.2 Å². The Labute approximate surface area is 144 Å². The predicted molar refractivity (Wildman–Crippen MR) is 99.9 cm³/mol. The van der Waals surface area contributed by atoms with Crippen LogP contribution >= 0.6 is 0 Å². The molecule has 0 saturated carbocycles. The Morgan fingerprint density at radius 3 is 2.26 bits per heavy atom. The number of rotatable bonds is 10. The number of allylic oxidation sites excluding steroid dienone is 1. The molecule has 0 amide bonds. The zero-order valence-corrected chi connectivity index (χ0v) is 15.9. The molecule has 0 aliphatic carbocycles. The number of benzene rings is 1. The highest BCUT2D eigenvalue weighted by molar-refractivity contribution is 7.89. The number of aliphatic hydroxyl groups is 1. The van der Waals surface area contributed by atoms with E-state index >= 15 is 0 Å². The molecule has 1 aromatic carbocycles. The SMILES string of the molecule is CCCC[C@@H](C)/C(=C/[C@H](O)CCCC)[S@@](=O)c1ccc(C)cc1. The summed E-state index contributed by atoms with van der Waals surface area (Å²) in [4.78, 5) is 1.71. The van der Waals surface area contributed by atoms with Gasteiger partial charge in [-0.1, -0.05) is 64.2 Å². The van der Waals surface area contributed by atoms with Gasteiger partial charge in [0, 0.05) is 9.80 Å². The van der Waals surface area contributed by atoms with Crippen molar-refractivity contribution in [2.24, 2.45) is 5.92 Å². The molecule has 0 heterocycles. The molecular formula is C20H32O2S. The summed E-state index contributed by atoms with van der Waals surface area (Å²) in [5.41, 5.74) is 1.17. The Balaban J connectivity index is 2.99. The first kappa shape index (κ1) is 20.1. The van der Waals surface area contributed by atoms with Crippen molar-refractivity contribution < 1.29 is 9.32 Å². The van der Waals surface area contributed by atoms with Gasteiger partial charge < -0.3 is 5.11 Å². The summed E-state index contributed by atoms with van der Waals surface area (Å²) in [5.74, 6) is 0.230. The fraction of sp³-hybridized carbons (Fsp3) is 0.600. The van der Waals surface area contributed by atoms with Gasteiger partial charge in [-0.05, 0) is 43.9 Å². The lowest BCUT2D eigenvalue weighted by Gasteiger charge is -2.18. The summed E-state index contributed by atoms with van der Waals surface area (Å²) in [7, 11) is -1.19. The molecule has 1 N–H and O–H groups in total. The molecule has 1 rings (SSSR count). The molecule has 130 valence electrons. The van der Waals surface area contributed by atoms with Gasteiger partial charge in [0.05, 0.1) is 16.9 Å². The third-order valence-corrected chi connectivity index (χ3v) is 5.80. The molecule has 0 fully saturated rings. The molecule has 3 heteroatoms. The number of unbranched alkanes of at least 4 members (excludes halogenated alkanes) is 2. The standard InChI is InChI=1S/C20H32O2S/c1-5-7-9-17(4)20(15-18(21)10-8-6-2)23(22)19-13-11-16(3)12-14-19/h11-15,17-18,21H,5-10H2,1-4H3/b20-15-/t17-,18-,23+/m1/s1. The number of hydrogen-bond acceptors (Lipinski definition) is 2. The van der Waals surface area contributed by atoms with Gasteiger partial charge in [0.2, 0.25) is 0 Å². The maximum atomic E-state index is 13.0. The minimum atomic E-state index is -1.19. The summed E-state index contributed by atoms with van der Waals surface area (Å²) < 4.78 is 13.0. The first-order chi connectivity index (χ1) is 11.0. The van der Waals surface area contributed by atoms with Gasteiger partial charge in [-0.15, -0.1) is 0 Å². The molecule has 0 aromatic heterocycles. The Morgan fingerprint density at radius 1 is 1.13 bits per heavy atom. The van der Waals surface area contributed by atoms with E-state index in [2.05, 4.69) is 20.8 Å². The van der Waals surface area contributed by atoms with Crippen LogP contribution in [0.5, 0.6) is 0 Å². The molecule has 2 nitrogen and oxygen atoms in total. The van der Waals surface area contributed by atoms with Crippen molar-refractivity contribution in [1.82, 2.24) is 0 Å². The maximum Gasteiger partial charge on any atom is 0.0808 e. The highest BCUT2D eigenvalue weighted by atomic mass is 32.2. The van der Waals surface area contributed by atoms with E-state index in [1.807, 2.05) is 37.3 Å². The van der Waals surface area contributed by atoms with Crippen LogP contribution in [-0.4, -0.2) is 15.4 Å². The second-order valence-electron chi connectivity index (χ2n) is 6.40. The van der Waals surface area contributed by atoms with Crippen molar-refractivity contribution >= 4 is 10.8 Å². The largest absolute Gasteiger partial charge is 0.389 e. The predicted octanol–water partition coefficient (Wildman–Crippen LogP) is 5.36. The van der Waals surface area contributed by atoms with E-state index < -0.39 is 16.9 Å². The zero-order chi connectivity index (χ0) is 17.2. The van der Waals surface area contributed by atoms with Crippen LogP contribution in [0.1, 0.15) is 64.9 Å². The van der Waals surface area contributed by atoms with Crippen LogP contribution in [-0.2, 0) is 10.8 Å². The highest BCUT2D eigenvalue weighted by Gasteiger charge is 2.18. The second-order valence-corrected chi connectivity index (χ2v) is 7.88. The van der Waals surface area contributed by atoms with Crippen molar-refractivity contribution in [1.29, 1.82) is 0 Å². The second kappa shape index (κ2) is 10.8. The average Bonchev–Trinajstić information content (AvgIpc) is 2.55. The third kappa shape index (κ3) is 7.01. The lowest BCUT2D eigenvalue weighted by molar-refractivity contribution is 0.208. The fourth-order valence-corrected chi connectivity index (χ4v) is 3.96. The van der Waals surface area contributed by atoms with Crippen LogP contribution < -0.4 is 0 Å². The van der Waals surface area contributed by atoms with Crippen LogP contribution in [0.4, 0.5) is 0 Å². The molecule has 0 aliphatic heterocycles. The van der Waals surface area contributed by atoms with E-state index in [-0.39, 0.29) is 5.92 Å². The summed E-state index contributed by atoms with van der Waals surface area (Å²) in [6, 6.07) is 7.86. The molecule has 0 aliphatic rings. The van der Waals surface area contributed by atoms with Crippen molar-refractivity contribution in [3.05, 3.63) is 40.8 Å². The van der Waals surface area contributed by atoms with Gasteiger partial charge >= 0.3 is 0 Å². The minimum Gasteiger partial charge on any atom is -0.389 e. The monoisotopic (exact) mass is 336 g/mol. The van der Waals surface area contributed by atoms with E-state index in [1.54, 1.807) is 0 Å². The number of hydrogen-bond donors (Lipinski definition) is 1. The van der Waals surface area contributed by atoms with E-state index in [4.69, 9.17) is 0 Å². The first-order valence-electron chi connectivity index (χ1n) is 8.87. The minimum absolute atomic E-state index is 0.230. The molecule has 0 bridgehead atoms. The van der Waals surface area contributed by atoms with Crippen LogP contribution in [0.25, 0.3) is 0 Å². The highest BCUT2D eigenvalue weighted by Crippen LogP contribution is 2.26. The summed E-state index contributed by atoms with van der Waals surface area (Å²) in [6.45, 7) is 8.44. The van der Waals surface area contributed by atoms with Crippen LogP contribution in [0, 0.1) is 12.8 Å². The Hall–Kier alpha value is -0.930. The van der Waals surface area contributed by atoms with E-state index in [0.717, 1.165) is 48.3 Å². The van der Waals surface area contributed by atoms with E-state index in [1.165, 1.54) is 5.56 Å². The Bertz CT molecular complexity index is 505. The van der Waals surface area contributed by atoms with Crippen LogP contribution in [0.2, 0.25) is 0 Å². The molecule has 0 radical (unpaired) electrons.